The van der Waals surface area contributed by atoms with E-state index in [0.29, 0.717) is 23.3 Å². The monoisotopic (exact) mass is 321 g/mol. The minimum atomic E-state index is -0.00343. The molecule has 122 valence electrons. The average molecular weight is 321 g/mol. The van der Waals surface area contributed by atoms with Gasteiger partial charge in [0.05, 0.1) is 17.4 Å². The van der Waals surface area contributed by atoms with Crippen LogP contribution in [0.2, 0.25) is 0 Å². The van der Waals surface area contributed by atoms with Gasteiger partial charge in [0.1, 0.15) is 0 Å². The number of aromatic nitrogens is 4. The summed E-state index contributed by atoms with van der Waals surface area (Å²) in [6.07, 6.45) is 8.93. The Morgan fingerprint density at radius 1 is 1.12 bits per heavy atom. The molecular weight excluding hydrogens is 302 g/mol. The minimum Gasteiger partial charge on any atom is -0.349 e. The zero-order chi connectivity index (χ0) is 16.1. The summed E-state index contributed by atoms with van der Waals surface area (Å²) in [5, 5.41) is 12.5. The normalized spacial score (nSPS) is 18.5. The molecule has 0 unspecified atom stereocenters. The predicted molar refractivity (Wildman–Crippen MR) is 90.8 cm³/mol. The maximum Gasteiger partial charge on any atom is 0.251 e. The van der Waals surface area contributed by atoms with Gasteiger partial charge in [-0.3, -0.25) is 4.79 Å². The lowest BCUT2D eigenvalue weighted by Gasteiger charge is -2.13. The van der Waals surface area contributed by atoms with Crippen LogP contribution in [0.5, 0.6) is 0 Å². The third-order valence-electron chi connectivity index (χ3n) is 5.17. The zero-order valence-electron chi connectivity index (χ0n) is 13.4. The SMILES string of the molecule is O=C(NC1CC1)c1ccc2nnc3ncn(C4CCCC4)c3c2c1. The Balaban J connectivity index is 1.66. The number of carbonyl (C=O) groups is 1. The lowest BCUT2D eigenvalue weighted by atomic mass is 10.1. The molecule has 3 aromatic rings. The lowest BCUT2D eigenvalue weighted by Crippen LogP contribution is -2.25. The molecule has 6 nitrogen and oxygen atoms in total. The summed E-state index contributed by atoms with van der Waals surface area (Å²) in [4.78, 5) is 16.8. The van der Waals surface area contributed by atoms with Crippen molar-refractivity contribution in [2.75, 3.05) is 0 Å². The Morgan fingerprint density at radius 2 is 1.96 bits per heavy atom. The Bertz CT molecular complexity index is 937. The van der Waals surface area contributed by atoms with Gasteiger partial charge in [0.25, 0.3) is 5.91 Å². The Labute approximate surface area is 139 Å². The summed E-state index contributed by atoms with van der Waals surface area (Å²) in [5.74, 6) is -0.00343. The third-order valence-corrected chi connectivity index (χ3v) is 5.17. The van der Waals surface area contributed by atoms with Crippen LogP contribution in [0.1, 0.15) is 54.9 Å². The topological polar surface area (TPSA) is 72.7 Å². The van der Waals surface area contributed by atoms with Gasteiger partial charge in [0, 0.05) is 23.0 Å². The van der Waals surface area contributed by atoms with Crippen molar-refractivity contribution in [3.05, 3.63) is 30.1 Å². The first-order valence-corrected chi connectivity index (χ1v) is 8.73. The van der Waals surface area contributed by atoms with Crippen LogP contribution >= 0.6 is 0 Å². The molecule has 6 heteroatoms. The summed E-state index contributed by atoms with van der Waals surface area (Å²) in [6, 6.07) is 6.49. The van der Waals surface area contributed by atoms with Crippen LogP contribution < -0.4 is 5.32 Å². The number of benzene rings is 1. The van der Waals surface area contributed by atoms with Gasteiger partial charge in [-0.15, -0.1) is 10.2 Å². The molecule has 5 rings (SSSR count). The van der Waals surface area contributed by atoms with Crippen molar-refractivity contribution < 1.29 is 4.79 Å². The highest BCUT2D eigenvalue weighted by molar-refractivity contribution is 6.05. The van der Waals surface area contributed by atoms with E-state index in [9.17, 15) is 4.79 Å². The fourth-order valence-corrected chi connectivity index (χ4v) is 3.70. The van der Waals surface area contributed by atoms with Gasteiger partial charge in [-0.05, 0) is 43.9 Å². The maximum absolute atomic E-state index is 12.4. The fraction of sp³-hybridized carbons (Fsp3) is 0.444. The second kappa shape index (κ2) is 5.26. The van der Waals surface area contributed by atoms with Crippen LogP contribution in [-0.2, 0) is 0 Å². The summed E-state index contributed by atoms with van der Waals surface area (Å²) in [7, 11) is 0. The molecule has 0 saturated heterocycles. The van der Waals surface area contributed by atoms with Crippen molar-refractivity contribution in [1.29, 1.82) is 0 Å². The maximum atomic E-state index is 12.4. The molecule has 2 aliphatic rings. The molecule has 1 aromatic carbocycles. The van der Waals surface area contributed by atoms with Gasteiger partial charge in [0.2, 0.25) is 5.65 Å². The first-order valence-electron chi connectivity index (χ1n) is 8.73. The van der Waals surface area contributed by atoms with Crippen molar-refractivity contribution in [1.82, 2.24) is 25.1 Å². The Kier molecular flexibility index (Phi) is 3.04. The number of nitrogens with one attached hydrogen (secondary N) is 1. The molecule has 0 bridgehead atoms. The zero-order valence-corrected chi connectivity index (χ0v) is 13.4. The van der Waals surface area contributed by atoms with Crippen LogP contribution in [0, 0.1) is 0 Å². The Hall–Kier alpha value is -2.50. The van der Waals surface area contributed by atoms with Crippen LogP contribution in [0.4, 0.5) is 0 Å². The average Bonchev–Trinajstić information content (AvgIpc) is 3.10. The van der Waals surface area contributed by atoms with Gasteiger partial charge < -0.3 is 9.88 Å². The molecule has 2 fully saturated rings. The molecule has 1 N–H and O–H groups in total. The number of amides is 1. The van der Waals surface area contributed by atoms with Gasteiger partial charge in [-0.1, -0.05) is 12.8 Å². The number of carbonyl (C=O) groups excluding carboxylic acids is 1. The first kappa shape index (κ1) is 13.9. The summed E-state index contributed by atoms with van der Waals surface area (Å²) in [6.45, 7) is 0. The number of hydrogen-bond acceptors (Lipinski definition) is 4. The Morgan fingerprint density at radius 3 is 2.75 bits per heavy atom. The lowest BCUT2D eigenvalue weighted by molar-refractivity contribution is 0.0951. The second-order valence-corrected chi connectivity index (χ2v) is 6.94. The third kappa shape index (κ3) is 2.25. The van der Waals surface area contributed by atoms with Gasteiger partial charge >= 0.3 is 0 Å². The van der Waals surface area contributed by atoms with Gasteiger partial charge in [0.15, 0.2) is 0 Å². The van der Waals surface area contributed by atoms with E-state index in [1.165, 1.54) is 25.7 Å². The van der Waals surface area contributed by atoms with E-state index in [2.05, 4.69) is 25.1 Å². The standard InChI is InChI=1S/C18H19N5O/c24-18(20-12-6-7-12)11-5-8-15-14(9-11)16-17(22-21-15)19-10-23(16)13-3-1-2-4-13/h5,8-10,12-13H,1-4,6-7H2,(H,20,24). The molecule has 24 heavy (non-hydrogen) atoms. The van der Waals surface area contributed by atoms with Crippen LogP contribution in [-0.4, -0.2) is 31.7 Å². The molecule has 1 amide bonds. The quantitative estimate of drug-likeness (QED) is 0.805. The largest absolute Gasteiger partial charge is 0.349 e. The highest BCUT2D eigenvalue weighted by Gasteiger charge is 2.25. The van der Waals surface area contributed by atoms with E-state index in [1.807, 2.05) is 24.5 Å². The summed E-state index contributed by atoms with van der Waals surface area (Å²) < 4.78 is 2.24. The molecule has 2 aliphatic carbocycles. The summed E-state index contributed by atoms with van der Waals surface area (Å²) >= 11 is 0. The van der Waals surface area contributed by atoms with Crippen LogP contribution in [0.3, 0.4) is 0 Å². The van der Waals surface area contributed by atoms with E-state index in [4.69, 9.17) is 0 Å². The molecule has 2 heterocycles. The van der Waals surface area contributed by atoms with Crippen molar-refractivity contribution in [2.45, 2.75) is 50.6 Å². The molecule has 0 atom stereocenters. The van der Waals surface area contributed by atoms with Crippen LogP contribution in [0.25, 0.3) is 22.1 Å². The van der Waals surface area contributed by atoms with E-state index in [1.54, 1.807) is 0 Å². The predicted octanol–water partition coefficient (Wildman–Crippen LogP) is 2.99. The van der Waals surface area contributed by atoms with Crippen molar-refractivity contribution in [3.63, 3.8) is 0 Å². The molecule has 0 spiro atoms. The van der Waals surface area contributed by atoms with E-state index in [-0.39, 0.29) is 5.91 Å². The van der Waals surface area contributed by atoms with Gasteiger partial charge in [-0.25, -0.2) is 4.98 Å². The molecule has 0 aliphatic heterocycles. The van der Waals surface area contributed by atoms with E-state index in [0.717, 1.165) is 29.3 Å². The minimum absolute atomic E-state index is 0.00343. The van der Waals surface area contributed by atoms with Crippen molar-refractivity contribution >= 4 is 28.0 Å². The number of rotatable bonds is 3. The molecule has 0 radical (unpaired) electrons. The van der Waals surface area contributed by atoms with Crippen LogP contribution in [0.15, 0.2) is 24.5 Å². The molecule has 2 aromatic heterocycles. The number of nitrogens with zero attached hydrogens (tertiary/aromatic N) is 4. The van der Waals surface area contributed by atoms with Crippen molar-refractivity contribution in [3.8, 4) is 0 Å². The van der Waals surface area contributed by atoms with E-state index >= 15 is 0 Å². The highest BCUT2D eigenvalue weighted by Crippen LogP contribution is 2.33. The first-order chi connectivity index (χ1) is 11.8. The van der Waals surface area contributed by atoms with Gasteiger partial charge in [-0.2, -0.15) is 0 Å². The molecule has 2 saturated carbocycles. The number of hydrogen-bond donors (Lipinski definition) is 1. The van der Waals surface area contributed by atoms with Crippen molar-refractivity contribution in [2.24, 2.45) is 0 Å². The number of fused-ring (bicyclic) bond motifs is 3. The second-order valence-electron chi connectivity index (χ2n) is 6.94. The van der Waals surface area contributed by atoms with E-state index < -0.39 is 0 Å². The smallest absolute Gasteiger partial charge is 0.251 e. The molecular formula is C18H19N5O. The highest BCUT2D eigenvalue weighted by atomic mass is 16.1. The fourth-order valence-electron chi connectivity index (χ4n) is 3.70. The summed E-state index contributed by atoms with van der Waals surface area (Å²) in [5.41, 5.74) is 3.16. The number of imidazole rings is 1.